The summed E-state index contributed by atoms with van der Waals surface area (Å²) in [6.07, 6.45) is -1.31. The molecule has 36 heavy (non-hydrogen) atoms. The standard InChI is InChI=1S/C24H25F3N6O3/c1-11-14(9-31-23-20(11)29-4-6-35-23)13-7-12-8-17(30-10-15(12)19(28)18(13)25)32-24(34)36-16-3-5-33(2)21(16)22(26)27/h7-10,16,21-22,29H,3-6,28H2,1-2H3,(H,30,32,34). The SMILES string of the molecule is Cc1c(-c2cc3cc(NC(=O)OC4CCN(C)C4C(F)F)ncc3c(N)c2F)cnc2c1NCCO2. The lowest BCUT2D eigenvalue weighted by Crippen LogP contribution is -2.41. The molecule has 4 N–H and O–H groups in total. The summed E-state index contributed by atoms with van der Waals surface area (Å²) >= 11 is 0. The molecule has 2 atom stereocenters. The summed E-state index contributed by atoms with van der Waals surface area (Å²) in [5.74, 6) is -0.0532. The van der Waals surface area contributed by atoms with Crippen LogP contribution in [-0.2, 0) is 4.74 Å². The predicted molar refractivity (Wildman–Crippen MR) is 129 cm³/mol. The van der Waals surface area contributed by atoms with E-state index in [1.807, 2.05) is 6.92 Å². The quantitative estimate of drug-likeness (QED) is 0.459. The van der Waals surface area contributed by atoms with E-state index in [9.17, 15) is 13.6 Å². The number of nitrogen functional groups attached to an aromatic ring is 1. The molecule has 3 aromatic rings. The topological polar surface area (TPSA) is 115 Å². The zero-order valence-corrected chi connectivity index (χ0v) is 19.6. The number of fused-ring (bicyclic) bond motifs is 2. The Hall–Kier alpha value is -3.80. The van der Waals surface area contributed by atoms with Crippen molar-refractivity contribution in [2.45, 2.75) is 31.9 Å². The average Bonchev–Trinajstić information content (AvgIpc) is 3.21. The van der Waals surface area contributed by atoms with Gasteiger partial charge < -0.3 is 20.5 Å². The van der Waals surface area contributed by atoms with Crippen LogP contribution in [0.2, 0.25) is 0 Å². The number of pyridine rings is 2. The van der Waals surface area contributed by atoms with Crippen molar-refractivity contribution in [3.8, 4) is 17.0 Å². The fourth-order valence-corrected chi connectivity index (χ4v) is 4.74. The Kier molecular flexibility index (Phi) is 6.20. The second kappa shape index (κ2) is 9.34. The molecule has 0 spiro atoms. The Bertz CT molecular complexity index is 1340. The monoisotopic (exact) mass is 502 g/mol. The predicted octanol–water partition coefficient (Wildman–Crippen LogP) is 4.02. The van der Waals surface area contributed by atoms with Crippen LogP contribution in [0.4, 0.5) is 35.2 Å². The van der Waals surface area contributed by atoms with Crippen LogP contribution in [-0.4, -0.2) is 66.3 Å². The molecule has 2 unspecified atom stereocenters. The molecule has 0 bridgehead atoms. The van der Waals surface area contributed by atoms with Gasteiger partial charge in [-0.1, -0.05) is 0 Å². The summed E-state index contributed by atoms with van der Waals surface area (Å²) in [6, 6.07) is 1.95. The molecule has 1 aromatic carbocycles. The number of benzene rings is 1. The van der Waals surface area contributed by atoms with Crippen molar-refractivity contribution < 1.29 is 27.4 Å². The first-order valence-corrected chi connectivity index (χ1v) is 11.4. The van der Waals surface area contributed by atoms with Gasteiger partial charge in [-0.05, 0) is 43.5 Å². The second-order valence-electron chi connectivity index (χ2n) is 8.86. The van der Waals surface area contributed by atoms with Crippen LogP contribution >= 0.6 is 0 Å². The lowest BCUT2D eigenvalue weighted by molar-refractivity contribution is -0.00228. The number of nitrogens with one attached hydrogen (secondary N) is 2. The minimum Gasteiger partial charge on any atom is -0.474 e. The second-order valence-corrected chi connectivity index (χ2v) is 8.86. The third kappa shape index (κ3) is 4.21. The van der Waals surface area contributed by atoms with E-state index >= 15 is 4.39 Å². The number of aromatic nitrogens is 2. The van der Waals surface area contributed by atoms with Crippen molar-refractivity contribution in [2.24, 2.45) is 0 Å². The molecule has 1 fully saturated rings. The maximum atomic E-state index is 15.3. The minimum absolute atomic E-state index is 0.0979. The molecule has 9 nitrogen and oxygen atoms in total. The Labute approximate surface area is 204 Å². The Balaban J connectivity index is 1.44. The molecular weight excluding hydrogens is 477 g/mol. The average molecular weight is 502 g/mol. The first-order chi connectivity index (χ1) is 17.2. The van der Waals surface area contributed by atoms with Gasteiger partial charge in [0.05, 0.1) is 5.69 Å². The van der Waals surface area contributed by atoms with E-state index in [2.05, 4.69) is 20.6 Å². The molecule has 0 aliphatic carbocycles. The van der Waals surface area contributed by atoms with Crippen molar-refractivity contribution in [2.75, 3.05) is 43.1 Å². The van der Waals surface area contributed by atoms with E-state index in [4.69, 9.17) is 15.2 Å². The van der Waals surface area contributed by atoms with Crippen LogP contribution in [0.1, 0.15) is 12.0 Å². The van der Waals surface area contributed by atoms with Crippen LogP contribution < -0.4 is 21.1 Å². The number of likely N-dealkylation sites (N-methyl/N-ethyl adjacent to an activating group) is 1. The van der Waals surface area contributed by atoms with Gasteiger partial charge in [-0.3, -0.25) is 10.2 Å². The number of likely N-dealkylation sites (tertiary alicyclic amines) is 1. The molecule has 4 heterocycles. The Morgan fingerprint density at radius 2 is 2.11 bits per heavy atom. The number of hydrogen-bond acceptors (Lipinski definition) is 8. The smallest absolute Gasteiger partial charge is 0.413 e. The minimum atomic E-state index is -2.64. The molecule has 0 saturated carbocycles. The van der Waals surface area contributed by atoms with Crippen LogP contribution in [0.15, 0.2) is 24.5 Å². The summed E-state index contributed by atoms with van der Waals surface area (Å²) in [7, 11) is 1.56. The number of halogens is 3. The van der Waals surface area contributed by atoms with Gasteiger partial charge in [-0.15, -0.1) is 0 Å². The number of amides is 1. The van der Waals surface area contributed by atoms with Crippen molar-refractivity contribution in [1.29, 1.82) is 0 Å². The van der Waals surface area contributed by atoms with Gasteiger partial charge in [0.15, 0.2) is 5.82 Å². The Morgan fingerprint density at radius 3 is 2.89 bits per heavy atom. The normalized spacial score (nSPS) is 19.6. The molecule has 12 heteroatoms. The van der Waals surface area contributed by atoms with Crippen molar-refractivity contribution >= 4 is 34.1 Å². The van der Waals surface area contributed by atoms with Gasteiger partial charge in [0.2, 0.25) is 5.88 Å². The van der Waals surface area contributed by atoms with E-state index < -0.39 is 30.5 Å². The number of hydrogen-bond donors (Lipinski definition) is 3. The zero-order valence-electron chi connectivity index (χ0n) is 19.6. The summed E-state index contributed by atoms with van der Waals surface area (Å²) < 4.78 is 52.8. The first kappa shape index (κ1) is 23.9. The molecule has 1 saturated heterocycles. The number of rotatable bonds is 4. The highest BCUT2D eigenvalue weighted by molar-refractivity contribution is 5.99. The van der Waals surface area contributed by atoms with Gasteiger partial charge in [-0.2, -0.15) is 0 Å². The summed E-state index contributed by atoms with van der Waals surface area (Å²) in [5.41, 5.74) is 8.21. The van der Waals surface area contributed by atoms with Crippen LogP contribution in [0.25, 0.3) is 21.9 Å². The number of carbonyl (C=O) groups is 1. The molecule has 5 rings (SSSR count). The maximum absolute atomic E-state index is 15.3. The highest BCUT2D eigenvalue weighted by Crippen LogP contribution is 2.39. The largest absolute Gasteiger partial charge is 0.474 e. The number of carbonyl (C=O) groups excluding carboxylic acids is 1. The van der Waals surface area contributed by atoms with Gasteiger partial charge in [-0.25, -0.2) is 27.9 Å². The molecule has 2 aliphatic heterocycles. The maximum Gasteiger partial charge on any atom is 0.413 e. The first-order valence-electron chi connectivity index (χ1n) is 11.4. The van der Waals surface area contributed by atoms with Crippen LogP contribution in [0, 0.1) is 12.7 Å². The van der Waals surface area contributed by atoms with Crippen molar-refractivity contribution in [3.63, 3.8) is 0 Å². The Morgan fingerprint density at radius 1 is 1.31 bits per heavy atom. The van der Waals surface area contributed by atoms with E-state index in [-0.39, 0.29) is 17.1 Å². The van der Waals surface area contributed by atoms with Crippen molar-refractivity contribution in [1.82, 2.24) is 14.9 Å². The van der Waals surface area contributed by atoms with E-state index in [0.717, 1.165) is 5.56 Å². The van der Waals surface area contributed by atoms with Gasteiger partial charge in [0.1, 0.15) is 30.3 Å². The molecule has 190 valence electrons. The van der Waals surface area contributed by atoms with Crippen LogP contribution in [0.3, 0.4) is 0 Å². The van der Waals surface area contributed by atoms with Gasteiger partial charge in [0, 0.05) is 42.0 Å². The van der Waals surface area contributed by atoms with Crippen molar-refractivity contribution in [3.05, 3.63) is 35.9 Å². The summed E-state index contributed by atoms with van der Waals surface area (Å²) in [5, 5.41) is 6.57. The van der Waals surface area contributed by atoms with Gasteiger partial charge in [0.25, 0.3) is 6.43 Å². The highest BCUT2D eigenvalue weighted by atomic mass is 19.3. The summed E-state index contributed by atoms with van der Waals surface area (Å²) in [4.78, 5) is 22.3. The third-order valence-electron chi connectivity index (χ3n) is 6.64. The van der Waals surface area contributed by atoms with Gasteiger partial charge >= 0.3 is 6.09 Å². The fraction of sp³-hybridized carbons (Fsp3) is 0.375. The van der Waals surface area contributed by atoms with E-state index in [1.165, 1.54) is 23.4 Å². The fourth-order valence-electron chi connectivity index (χ4n) is 4.74. The molecule has 2 aromatic heterocycles. The molecule has 2 aliphatic rings. The summed E-state index contributed by atoms with van der Waals surface area (Å²) in [6.45, 7) is 3.32. The molecular formula is C24H25F3N6O3. The number of alkyl halides is 2. The molecule has 0 radical (unpaired) electrons. The lowest BCUT2D eigenvalue weighted by atomic mass is 9.97. The zero-order chi connectivity index (χ0) is 25.6. The molecule has 1 amide bonds. The third-order valence-corrected chi connectivity index (χ3v) is 6.64. The van der Waals surface area contributed by atoms with Crippen LogP contribution in [0.5, 0.6) is 5.88 Å². The van der Waals surface area contributed by atoms with E-state index in [1.54, 1.807) is 13.1 Å². The van der Waals surface area contributed by atoms with E-state index in [0.29, 0.717) is 54.0 Å². The highest BCUT2D eigenvalue weighted by Gasteiger charge is 2.41. The number of ether oxygens (including phenoxy) is 2. The lowest BCUT2D eigenvalue weighted by Gasteiger charge is -2.23. The number of nitrogens with zero attached hydrogens (tertiary/aromatic N) is 3. The number of anilines is 3. The number of nitrogens with two attached hydrogens (primary N) is 1.